The highest BCUT2D eigenvalue weighted by atomic mass is 19.3. The summed E-state index contributed by atoms with van der Waals surface area (Å²) in [6.07, 6.45) is -0.508. The number of nitrogens with zero attached hydrogens (tertiary/aromatic N) is 2. The monoisotopic (exact) mass is 410 g/mol. The van der Waals surface area contributed by atoms with Crippen molar-refractivity contribution < 1.29 is 37.1 Å². The van der Waals surface area contributed by atoms with Crippen molar-refractivity contribution in [3.8, 4) is 23.3 Å². The fourth-order valence-electron chi connectivity index (χ4n) is 2.32. The molecule has 0 saturated heterocycles. The van der Waals surface area contributed by atoms with Crippen LogP contribution in [0.5, 0.6) is 17.2 Å². The maximum Gasteiger partial charge on any atom is 0.387 e. The van der Waals surface area contributed by atoms with Crippen LogP contribution >= 0.6 is 0 Å². The van der Waals surface area contributed by atoms with Gasteiger partial charge in [-0.3, -0.25) is 14.9 Å². The van der Waals surface area contributed by atoms with E-state index in [0.29, 0.717) is 0 Å². The van der Waals surface area contributed by atoms with Crippen LogP contribution in [0.1, 0.15) is 18.1 Å². The highest BCUT2D eigenvalue weighted by molar-refractivity contribution is 5.73. The Morgan fingerprint density at radius 1 is 1.28 bits per heavy atom. The molecule has 0 bridgehead atoms. The molecule has 2 aromatic rings. The molecule has 2 aromatic carbocycles. The van der Waals surface area contributed by atoms with Gasteiger partial charge in [0.2, 0.25) is 5.75 Å². The van der Waals surface area contributed by atoms with E-state index < -0.39 is 46.9 Å². The number of hydrogen-bond acceptors (Lipinski definition) is 7. The largest absolute Gasteiger partial charge is 0.466 e. The fraction of sp³-hybridized carbons (Fsp3) is 0.222. The molecular weight excluding hydrogens is 397 g/mol. The van der Waals surface area contributed by atoms with Crippen LogP contribution in [-0.4, -0.2) is 24.1 Å². The number of nitro groups is 1. The Labute approximate surface area is 162 Å². The van der Waals surface area contributed by atoms with Crippen molar-refractivity contribution in [1.82, 2.24) is 0 Å². The van der Waals surface area contributed by atoms with Crippen LogP contribution in [0.25, 0.3) is 0 Å². The SMILES string of the molecule is CCOC(=O)Cc1ccc([N+](=O)[O-])c(Oc2cc(C#N)cc(OC(F)F)c2)c1F. The van der Waals surface area contributed by atoms with Crippen LogP contribution in [0.2, 0.25) is 0 Å². The molecule has 0 aliphatic carbocycles. The predicted octanol–water partition coefficient (Wildman–Crippen LogP) is 4.10. The third kappa shape index (κ3) is 5.58. The molecule has 0 heterocycles. The first-order valence-electron chi connectivity index (χ1n) is 8.04. The van der Waals surface area contributed by atoms with E-state index in [0.717, 1.165) is 30.3 Å². The van der Waals surface area contributed by atoms with Gasteiger partial charge in [-0.2, -0.15) is 14.0 Å². The standard InChI is InChI=1S/C18H13F3N2O6/c1-2-27-15(24)7-11-3-4-14(23(25)26)17(16(11)19)28-12-5-10(9-22)6-13(8-12)29-18(20)21/h3-6,8,18H,2,7H2,1H3. The second kappa shape index (κ2) is 9.41. The number of esters is 1. The minimum Gasteiger partial charge on any atom is -0.466 e. The first-order chi connectivity index (χ1) is 13.7. The summed E-state index contributed by atoms with van der Waals surface area (Å²) in [6.45, 7) is -1.58. The van der Waals surface area contributed by atoms with Gasteiger partial charge in [0.1, 0.15) is 11.5 Å². The van der Waals surface area contributed by atoms with Crippen molar-refractivity contribution in [3.05, 3.63) is 57.4 Å². The lowest BCUT2D eigenvalue weighted by Crippen LogP contribution is -2.10. The summed E-state index contributed by atoms with van der Waals surface area (Å²) in [7, 11) is 0. The Bertz CT molecular complexity index is 975. The van der Waals surface area contributed by atoms with E-state index in [1.807, 2.05) is 0 Å². The molecule has 152 valence electrons. The first-order valence-corrected chi connectivity index (χ1v) is 8.04. The van der Waals surface area contributed by atoms with Gasteiger partial charge in [0, 0.05) is 17.7 Å². The smallest absolute Gasteiger partial charge is 0.387 e. The molecule has 0 atom stereocenters. The highest BCUT2D eigenvalue weighted by Gasteiger charge is 2.25. The van der Waals surface area contributed by atoms with E-state index in [1.165, 1.54) is 0 Å². The molecule has 0 N–H and O–H groups in total. The fourth-order valence-corrected chi connectivity index (χ4v) is 2.32. The number of hydrogen-bond donors (Lipinski definition) is 0. The molecule has 0 aliphatic rings. The molecule has 0 saturated carbocycles. The molecule has 29 heavy (non-hydrogen) atoms. The van der Waals surface area contributed by atoms with Crippen molar-refractivity contribution in [1.29, 1.82) is 5.26 Å². The summed E-state index contributed by atoms with van der Waals surface area (Å²) in [5, 5.41) is 20.2. The molecular formula is C18H13F3N2O6. The normalized spacial score (nSPS) is 10.3. The number of nitro benzene ring substituents is 1. The molecule has 0 aliphatic heterocycles. The van der Waals surface area contributed by atoms with E-state index in [9.17, 15) is 28.1 Å². The second-order valence-electron chi connectivity index (χ2n) is 5.41. The Hall–Kier alpha value is -3.81. The maximum absolute atomic E-state index is 14.8. The molecule has 0 fully saturated rings. The third-order valence-corrected chi connectivity index (χ3v) is 3.45. The second-order valence-corrected chi connectivity index (χ2v) is 5.41. The van der Waals surface area contributed by atoms with Crippen molar-refractivity contribution in [2.45, 2.75) is 20.0 Å². The molecule has 0 radical (unpaired) electrons. The van der Waals surface area contributed by atoms with Gasteiger partial charge in [0.25, 0.3) is 0 Å². The number of halogens is 3. The van der Waals surface area contributed by atoms with Crippen molar-refractivity contribution in [3.63, 3.8) is 0 Å². The van der Waals surface area contributed by atoms with Gasteiger partial charge in [-0.15, -0.1) is 0 Å². The zero-order chi connectivity index (χ0) is 21.6. The Morgan fingerprint density at radius 3 is 2.55 bits per heavy atom. The van der Waals surface area contributed by atoms with E-state index >= 15 is 0 Å². The minimum atomic E-state index is -3.20. The maximum atomic E-state index is 14.8. The number of carbonyl (C=O) groups is 1. The summed E-state index contributed by atoms with van der Waals surface area (Å²) in [5.74, 6) is -3.62. The number of rotatable bonds is 8. The average Bonchev–Trinajstić information content (AvgIpc) is 2.64. The molecule has 11 heteroatoms. The van der Waals surface area contributed by atoms with E-state index in [2.05, 4.69) is 4.74 Å². The number of benzene rings is 2. The van der Waals surface area contributed by atoms with Gasteiger partial charge >= 0.3 is 18.3 Å². The summed E-state index contributed by atoms with van der Waals surface area (Å²) in [4.78, 5) is 21.9. The topological polar surface area (TPSA) is 112 Å². The van der Waals surface area contributed by atoms with Gasteiger partial charge in [-0.25, -0.2) is 4.39 Å². The quantitative estimate of drug-likeness (QED) is 0.366. The van der Waals surface area contributed by atoms with Gasteiger partial charge < -0.3 is 14.2 Å². The average molecular weight is 410 g/mol. The molecule has 0 amide bonds. The zero-order valence-electron chi connectivity index (χ0n) is 14.9. The van der Waals surface area contributed by atoms with Crippen LogP contribution in [0.15, 0.2) is 30.3 Å². The first kappa shape index (κ1) is 21.5. The molecule has 0 aromatic heterocycles. The number of ether oxygens (including phenoxy) is 3. The van der Waals surface area contributed by atoms with Gasteiger partial charge in [0.15, 0.2) is 5.82 Å². The number of carbonyl (C=O) groups excluding carboxylic acids is 1. The summed E-state index contributed by atoms with van der Waals surface area (Å²) >= 11 is 0. The highest BCUT2D eigenvalue weighted by Crippen LogP contribution is 2.37. The molecule has 0 spiro atoms. The van der Waals surface area contributed by atoms with Crippen molar-refractivity contribution >= 4 is 11.7 Å². The summed E-state index contributed by atoms with van der Waals surface area (Å²) in [5.41, 5.74) is -1.16. The Balaban J connectivity index is 2.49. The van der Waals surface area contributed by atoms with E-state index in [4.69, 9.17) is 14.7 Å². The van der Waals surface area contributed by atoms with Crippen LogP contribution in [-0.2, 0) is 16.0 Å². The van der Waals surface area contributed by atoms with Gasteiger partial charge in [-0.1, -0.05) is 0 Å². The van der Waals surface area contributed by atoms with Crippen molar-refractivity contribution in [2.24, 2.45) is 0 Å². The Morgan fingerprint density at radius 2 is 1.97 bits per heavy atom. The molecule has 8 nitrogen and oxygen atoms in total. The summed E-state index contributed by atoms with van der Waals surface area (Å²) < 4.78 is 53.8. The van der Waals surface area contributed by atoms with E-state index in [-0.39, 0.29) is 23.5 Å². The summed E-state index contributed by atoms with van der Waals surface area (Å²) in [6, 6.07) is 6.59. The molecule has 2 rings (SSSR count). The van der Waals surface area contributed by atoms with Crippen LogP contribution in [0.4, 0.5) is 18.9 Å². The van der Waals surface area contributed by atoms with Gasteiger partial charge in [0.05, 0.1) is 29.6 Å². The lowest BCUT2D eigenvalue weighted by Gasteiger charge is -2.12. The van der Waals surface area contributed by atoms with Crippen molar-refractivity contribution in [2.75, 3.05) is 6.61 Å². The van der Waals surface area contributed by atoms with E-state index in [1.54, 1.807) is 13.0 Å². The Kier molecular flexibility index (Phi) is 6.97. The predicted molar refractivity (Wildman–Crippen MR) is 91.3 cm³/mol. The number of alkyl halides is 2. The minimum absolute atomic E-state index is 0.0602. The van der Waals surface area contributed by atoms with Crippen LogP contribution < -0.4 is 9.47 Å². The third-order valence-electron chi connectivity index (χ3n) is 3.45. The van der Waals surface area contributed by atoms with Crippen LogP contribution in [0, 0.1) is 27.3 Å². The molecule has 0 unspecified atom stereocenters. The van der Waals surface area contributed by atoms with Gasteiger partial charge in [-0.05, 0) is 25.1 Å². The lowest BCUT2D eigenvalue weighted by molar-refractivity contribution is -0.385. The number of nitriles is 1. The lowest BCUT2D eigenvalue weighted by atomic mass is 10.1. The zero-order valence-corrected chi connectivity index (χ0v) is 14.9. The van der Waals surface area contributed by atoms with Crippen LogP contribution in [0.3, 0.4) is 0 Å².